The van der Waals surface area contributed by atoms with Crippen molar-refractivity contribution in [3.8, 4) is 5.75 Å². The molecule has 0 radical (unpaired) electrons. The Kier molecular flexibility index (Phi) is 5.78. The van der Waals surface area contributed by atoms with Gasteiger partial charge in [0.2, 0.25) is 5.91 Å². The average molecular weight is 409 g/mol. The van der Waals surface area contributed by atoms with Crippen molar-refractivity contribution in [2.24, 2.45) is 5.92 Å². The van der Waals surface area contributed by atoms with Crippen LogP contribution in [0.1, 0.15) is 45.2 Å². The van der Waals surface area contributed by atoms with Gasteiger partial charge in [-0.3, -0.25) is 4.79 Å². The van der Waals surface area contributed by atoms with Crippen LogP contribution in [-0.2, 0) is 4.79 Å². The Morgan fingerprint density at radius 2 is 1.97 bits per heavy atom. The number of hydrogen-bond acceptors (Lipinski definition) is 7. The van der Waals surface area contributed by atoms with Crippen LogP contribution in [0, 0.1) is 5.92 Å². The standard InChI is InChI=1S/C21H27N7O2/c1-14(2)30-18-6-4-5-17(13-18)15(3)22-21(29)16-9-11-27(12-10-16)20-8-7-19-23-25-26-28(19)24-20/h4-8,13-16H,9-12H2,1-3H3,(H,22,29)/t15-/m1/s1. The second-order valence-electron chi connectivity index (χ2n) is 7.95. The van der Waals surface area contributed by atoms with Crippen molar-refractivity contribution in [1.82, 2.24) is 30.6 Å². The lowest BCUT2D eigenvalue weighted by molar-refractivity contribution is -0.126. The molecule has 158 valence electrons. The molecule has 2 aromatic heterocycles. The molecule has 1 aliphatic rings. The molecular weight excluding hydrogens is 382 g/mol. The fourth-order valence-corrected chi connectivity index (χ4v) is 3.72. The molecule has 3 aromatic rings. The Bertz CT molecular complexity index is 1010. The van der Waals surface area contributed by atoms with Crippen molar-refractivity contribution in [2.75, 3.05) is 18.0 Å². The highest BCUT2D eigenvalue weighted by Crippen LogP contribution is 2.24. The molecule has 3 heterocycles. The van der Waals surface area contributed by atoms with Crippen molar-refractivity contribution < 1.29 is 9.53 Å². The molecule has 9 nitrogen and oxygen atoms in total. The van der Waals surface area contributed by atoms with Gasteiger partial charge in [-0.05, 0) is 73.9 Å². The summed E-state index contributed by atoms with van der Waals surface area (Å²) in [6.45, 7) is 7.55. The largest absolute Gasteiger partial charge is 0.491 e. The van der Waals surface area contributed by atoms with Crippen LogP contribution in [0.5, 0.6) is 5.75 Å². The van der Waals surface area contributed by atoms with Gasteiger partial charge in [0.1, 0.15) is 5.75 Å². The minimum absolute atomic E-state index is 0.00411. The molecule has 30 heavy (non-hydrogen) atoms. The number of fused-ring (bicyclic) bond motifs is 1. The summed E-state index contributed by atoms with van der Waals surface area (Å²) < 4.78 is 7.19. The smallest absolute Gasteiger partial charge is 0.223 e. The van der Waals surface area contributed by atoms with Crippen LogP contribution in [0.2, 0.25) is 0 Å². The molecule has 1 N–H and O–H groups in total. The van der Waals surface area contributed by atoms with Gasteiger partial charge in [-0.15, -0.1) is 14.8 Å². The Labute approximate surface area is 175 Å². The fourth-order valence-electron chi connectivity index (χ4n) is 3.72. The van der Waals surface area contributed by atoms with Gasteiger partial charge in [0.25, 0.3) is 0 Å². The van der Waals surface area contributed by atoms with E-state index in [1.165, 1.54) is 4.63 Å². The van der Waals surface area contributed by atoms with Crippen LogP contribution in [-0.4, -0.2) is 50.4 Å². The van der Waals surface area contributed by atoms with Crippen molar-refractivity contribution in [2.45, 2.75) is 45.8 Å². The average Bonchev–Trinajstić information content (AvgIpc) is 3.21. The zero-order valence-corrected chi connectivity index (χ0v) is 17.5. The predicted molar refractivity (Wildman–Crippen MR) is 112 cm³/mol. The third kappa shape index (κ3) is 4.50. The van der Waals surface area contributed by atoms with E-state index in [2.05, 4.69) is 30.8 Å². The van der Waals surface area contributed by atoms with E-state index >= 15 is 0 Å². The van der Waals surface area contributed by atoms with E-state index in [-0.39, 0.29) is 24.0 Å². The van der Waals surface area contributed by atoms with Crippen molar-refractivity contribution in [3.05, 3.63) is 42.0 Å². The number of aromatic nitrogens is 5. The third-order valence-electron chi connectivity index (χ3n) is 5.33. The number of ether oxygens (including phenoxy) is 1. The molecular formula is C21H27N7O2. The van der Waals surface area contributed by atoms with E-state index in [0.29, 0.717) is 5.65 Å². The van der Waals surface area contributed by atoms with E-state index in [0.717, 1.165) is 43.1 Å². The van der Waals surface area contributed by atoms with Crippen molar-refractivity contribution in [1.29, 1.82) is 0 Å². The number of hydrogen-bond donors (Lipinski definition) is 1. The number of piperidine rings is 1. The monoisotopic (exact) mass is 409 g/mol. The third-order valence-corrected chi connectivity index (χ3v) is 5.33. The quantitative estimate of drug-likeness (QED) is 0.668. The summed E-state index contributed by atoms with van der Waals surface area (Å²) >= 11 is 0. The van der Waals surface area contributed by atoms with Crippen molar-refractivity contribution in [3.63, 3.8) is 0 Å². The van der Waals surface area contributed by atoms with Gasteiger partial charge in [-0.25, -0.2) is 0 Å². The second-order valence-corrected chi connectivity index (χ2v) is 7.95. The summed E-state index contributed by atoms with van der Waals surface area (Å²) in [6, 6.07) is 11.6. The normalized spacial score (nSPS) is 16.1. The summed E-state index contributed by atoms with van der Waals surface area (Å²) in [5, 5.41) is 18.9. The fraction of sp³-hybridized carbons (Fsp3) is 0.476. The molecule has 1 atom stereocenters. The highest BCUT2D eigenvalue weighted by molar-refractivity contribution is 5.79. The highest BCUT2D eigenvalue weighted by atomic mass is 16.5. The summed E-state index contributed by atoms with van der Waals surface area (Å²) in [7, 11) is 0. The lowest BCUT2D eigenvalue weighted by Crippen LogP contribution is -2.41. The number of anilines is 1. The SMILES string of the molecule is CC(C)Oc1cccc([C@@H](C)NC(=O)C2CCN(c3ccc4nnnn4n3)CC2)c1. The van der Waals surface area contributed by atoms with Gasteiger partial charge in [0.05, 0.1) is 12.1 Å². The number of carbonyl (C=O) groups is 1. The number of nitrogens with zero attached hydrogens (tertiary/aromatic N) is 6. The van der Waals surface area contributed by atoms with Gasteiger partial charge >= 0.3 is 0 Å². The lowest BCUT2D eigenvalue weighted by atomic mass is 9.95. The van der Waals surface area contributed by atoms with Crippen LogP contribution < -0.4 is 15.0 Å². The molecule has 1 fully saturated rings. The van der Waals surface area contributed by atoms with E-state index < -0.39 is 0 Å². The summed E-state index contributed by atoms with van der Waals surface area (Å²) in [5.74, 6) is 1.74. The Hall–Kier alpha value is -3.23. The zero-order valence-electron chi connectivity index (χ0n) is 17.5. The van der Waals surface area contributed by atoms with E-state index in [9.17, 15) is 4.79 Å². The number of benzene rings is 1. The molecule has 1 saturated heterocycles. The van der Waals surface area contributed by atoms with E-state index in [1.54, 1.807) is 0 Å². The first kappa shape index (κ1) is 20.1. The number of carbonyl (C=O) groups excluding carboxylic acids is 1. The maximum absolute atomic E-state index is 12.8. The number of rotatable bonds is 6. The Morgan fingerprint density at radius 1 is 1.17 bits per heavy atom. The first-order valence-electron chi connectivity index (χ1n) is 10.4. The van der Waals surface area contributed by atoms with Crippen LogP contribution in [0.15, 0.2) is 36.4 Å². The zero-order chi connectivity index (χ0) is 21.1. The Morgan fingerprint density at radius 3 is 2.73 bits per heavy atom. The predicted octanol–water partition coefficient (Wildman–Crippen LogP) is 2.40. The Balaban J connectivity index is 1.32. The molecule has 0 bridgehead atoms. The molecule has 0 spiro atoms. The van der Waals surface area contributed by atoms with Crippen LogP contribution >= 0.6 is 0 Å². The second kappa shape index (κ2) is 8.64. The number of nitrogens with one attached hydrogen (secondary N) is 1. The van der Waals surface area contributed by atoms with Gasteiger partial charge in [-0.1, -0.05) is 12.1 Å². The molecule has 1 aliphatic heterocycles. The van der Waals surface area contributed by atoms with Gasteiger partial charge in [-0.2, -0.15) is 0 Å². The lowest BCUT2D eigenvalue weighted by Gasteiger charge is -2.32. The minimum atomic E-state index is -0.0740. The molecule has 1 aromatic carbocycles. The van der Waals surface area contributed by atoms with Crippen LogP contribution in [0.4, 0.5) is 5.82 Å². The molecule has 0 aliphatic carbocycles. The minimum Gasteiger partial charge on any atom is -0.491 e. The molecule has 0 unspecified atom stereocenters. The highest BCUT2D eigenvalue weighted by Gasteiger charge is 2.27. The molecule has 0 saturated carbocycles. The van der Waals surface area contributed by atoms with E-state index in [1.807, 2.05) is 57.2 Å². The van der Waals surface area contributed by atoms with E-state index in [4.69, 9.17) is 4.74 Å². The number of amides is 1. The molecule has 1 amide bonds. The van der Waals surface area contributed by atoms with Gasteiger partial charge < -0.3 is 15.0 Å². The maximum atomic E-state index is 12.8. The summed E-state index contributed by atoms with van der Waals surface area (Å²) in [4.78, 5) is 15.0. The number of tetrazole rings is 1. The summed E-state index contributed by atoms with van der Waals surface area (Å²) in [5.41, 5.74) is 1.66. The van der Waals surface area contributed by atoms with Crippen molar-refractivity contribution >= 4 is 17.4 Å². The molecule has 9 heteroatoms. The van der Waals surface area contributed by atoms with Gasteiger partial charge in [0.15, 0.2) is 11.5 Å². The van der Waals surface area contributed by atoms with Crippen LogP contribution in [0.3, 0.4) is 0 Å². The summed E-state index contributed by atoms with van der Waals surface area (Å²) in [6.07, 6.45) is 1.68. The first-order valence-corrected chi connectivity index (χ1v) is 10.4. The van der Waals surface area contributed by atoms with Crippen LogP contribution in [0.25, 0.3) is 5.65 Å². The first-order chi connectivity index (χ1) is 14.5. The molecule has 4 rings (SSSR count). The maximum Gasteiger partial charge on any atom is 0.223 e. The van der Waals surface area contributed by atoms with Gasteiger partial charge in [0, 0.05) is 19.0 Å². The topological polar surface area (TPSA) is 97.5 Å².